The summed E-state index contributed by atoms with van der Waals surface area (Å²) < 4.78 is 36.4. The molecule has 1 N–H and O–H groups in total. The molecule has 0 radical (unpaired) electrons. The van der Waals surface area contributed by atoms with E-state index in [0.717, 1.165) is 21.3 Å². The number of nitrogens with one attached hydrogen (secondary N) is 1. The molecule has 3 rings (SSSR count). The highest BCUT2D eigenvalue weighted by Crippen LogP contribution is 2.39. The lowest BCUT2D eigenvalue weighted by atomic mass is 10.1. The van der Waals surface area contributed by atoms with Gasteiger partial charge in [0.05, 0.1) is 31.2 Å². The average Bonchev–Trinajstić information content (AvgIpc) is 2.71. The summed E-state index contributed by atoms with van der Waals surface area (Å²) in [5, 5.41) is 4.86. The fourth-order valence-corrected chi connectivity index (χ4v) is 4.16. The number of nitrogens with zero attached hydrogens (tertiary/aromatic N) is 1. The smallest absolute Gasteiger partial charge is 0.245 e. The summed E-state index contributed by atoms with van der Waals surface area (Å²) in [5.41, 5.74) is 0.738. The largest absolute Gasteiger partial charge is 0.495 e. The number of hydrogen-bond donors (Lipinski definition) is 1. The number of methoxy groups -OCH3 is 2. The van der Waals surface area contributed by atoms with Gasteiger partial charge >= 0.3 is 0 Å². The van der Waals surface area contributed by atoms with Crippen LogP contribution in [0.15, 0.2) is 54.6 Å². The quantitative estimate of drug-likeness (QED) is 0.592. The molecular formula is C21H21ClN2O5S. The first-order valence-corrected chi connectivity index (χ1v) is 11.1. The number of sulfonamides is 1. The van der Waals surface area contributed by atoms with Crippen LogP contribution in [0.1, 0.15) is 0 Å². The predicted octanol–water partition coefficient (Wildman–Crippen LogP) is 3.92. The molecule has 0 bridgehead atoms. The lowest BCUT2D eigenvalue weighted by Crippen LogP contribution is -2.37. The Labute approximate surface area is 180 Å². The normalized spacial score (nSPS) is 11.2. The van der Waals surface area contributed by atoms with Crippen LogP contribution in [0.5, 0.6) is 11.5 Å². The monoisotopic (exact) mass is 448 g/mol. The van der Waals surface area contributed by atoms with Crippen molar-refractivity contribution >= 4 is 49.7 Å². The van der Waals surface area contributed by atoms with Crippen molar-refractivity contribution in [2.24, 2.45) is 0 Å². The summed E-state index contributed by atoms with van der Waals surface area (Å²) in [7, 11) is -1.03. The van der Waals surface area contributed by atoms with E-state index in [-0.39, 0.29) is 22.2 Å². The maximum Gasteiger partial charge on any atom is 0.245 e. The van der Waals surface area contributed by atoms with E-state index < -0.39 is 22.5 Å². The van der Waals surface area contributed by atoms with E-state index in [0.29, 0.717) is 5.69 Å². The minimum atomic E-state index is -3.82. The summed E-state index contributed by atoms with van der Waals surface area (Å²) in [5.74, 6) is -0.0486. The SMILES string of the molecule is COc1cc(N(CC(=O)Nc2cccc3ccccc23)S(C)(=O)=O)c(OC)cc1Cl. The zero-order chi connectivity index (χ0) is 21.9. The Morgan fingerprint density at radius 1 is 1.03 bits per heavy atom. The third-order valence-electron chi connectivity index (χ3n) is 4.47. The minimum Gasteiger partial charge on any atom is -0.495 e. The standard InChI is InChI=1S/C21H21ClN2O5S/c1-28-19-12-18(20(29-2)11-16(19)22)24(30(3,26)27)13-21(25)23-17-10-6-8-14-7-4-5-9-15(14)17/h4-12H,13H2,1-3H3,(H,23,25). The van der Waals surface area contributed by atoms with Crippen LogP contribution in [-0.4, -0.2) is 41.3 Å². The van der Waals surface area contributed by atoms with Crippen LogP contribution >= 0.6 is 11.6 Å². The van der Waals surface area contributed by atoms with Gasteiger partial charge in [0.2, 0.25) is 15.9 Å². The van der Waals surface area contributed by atoms with Gasteiger partial charge in [-0.1, -0.05) is 48.0 Å². The molecule has 1 amide bonds. The molecule has 0 spiro atoms. The predicted molar refractivity (Wildman–Crippen MR) is 119 cm³/mol. The van der Waals surface area contributed by atoms with Crippen molar-refractivity contribution in [3.63, 3.8) is 0 Å². The number of carbonyl (C=O) groups is 1. The van der Waals surface area contributed by atoms with E-state index in [1.54, 1.807) is 6.07 Å². The minimum absolute atomic E-state index is 0.148. The number of rotatable bonds is 7. The number of benzene rings is 3. The van der Waals surface area contributed by atoms with E-state index in [2.05, 4.69) is 5.32 Å². The second-order valence-electron chi connectivity index (χ2n) is 6.50. The topological polar surface area (TPSA) is 84.9 Å². The molecule has 0 aliphatic carbocycles. The van der Waals surface area contributed by atoms with Crippen LogP contribution < -0.4 is 19.1 Å². The van der Waals surface area contributed by atoms with Crippen molar-refractivity contribution in [3.8, 4) is 11.5 Å². The third kappa shape index (κ3) is 4.60. The molecule has 0 atom stereocenters. The molecule has 0 aliphatic heterocycles. The van der Waals surface area contributed by atoms with Crippen molar-refractivity contribution in [1.29, 1.82) is 0 Å². The van der Waals surface area contributed by atoms with Gasteiger partial charge < -0.3 is 14.8 Å². The van der Waals surface area contributed by atoms with Crippen LogP contribution in [0.4, 0.5) is 11.4 Å². The van der Waals surface area contributed by atoms with Crippen LogP contribution in [0, 0.1) is 0 Å². The number of hydrogen-bond acceptors (Lipinski definition) is 5. The van der Waals surface area contributed by atoms with Crippen molar-refractivity contribution in [1.82, 2.24) is 0 Å². The maximum absolute atomic E-state index is 12.8. The Hall–Kier alpha value is -2.97. The molecule has 0 fully saturated rings. The fourth-order valence-electron chi connectivity index (χ4n) is 3.07. The fraction of sp³-hybridized carbons (Fsp3) is 0.190. The molecule has 0 saturated heterocycles. The van der Waals surface area contributed by atoms with Crippen molar-refractivity contribution < 1.29 is 22.7 Å². The zero-order valence-corrected chi connectivity index (χ0v) is 18.3. The van der Waals surface area contributed by atoms with Crippen LogP contribution in [-0.2, 0) is 14.8 Å². The number of ether oxygens (including phenoxy) is 2. The molecule has 0 unspecified atom stereocenters. The molecule has 158 valence electrons. The number of amides is 1. The van der Waals surface area contributed by atoms with Gasteiger partial charge in [0.1, 0.15) is 18.0 Å². The van der Waals surface area contributed by atoms with E-state index in [4.69, 9.17) is 21.1 Å². The van der Waals surface area contributed by atoms with Crippen LogP contribution in [0.2, 0.25) is 5.02 Å². The summed E-state index contributed by atoms with van der Waals surface area (Å²) in [4.78, 5) is 12.8. The average molecular weight is 449 g/mol. The lowest BCUT2D eigenvalue weighted by Gasteiger charge is -2.24. The molecule has 0 heterocycles. The highest BCUT2D eigenvalue weighted by molar-refractivity contribution is 7.92. The Balaban J connectivity index is 1.96. The first-order valence-electron chi connectivity index (χ1n) is 8.91. The molecule has 30 heavy (non-hydrogen) atoms. The van der Waals surface area contributed by atoms with Gasteiger partial charge in [0, 0.05) is 23.2 Å². The summed E-state index contributed by atoms with van der Waals surface area (Å²) in [6, 6.07) is 16.0. The van der Waals surface area contributed by atoms with Crippen LogP contribution in [0.3, 0.4) is 0 Å². The number of carbonyl (C=O) groups excluding carboxylic acids is 1. The van der Waals surface area contributed by atoms with Gasteiger partial charge in [-0.2, -0.15) is 0 Å². The summed E-state index contributed by atoms with van der Waals surface area (Å²) >= 11 is 6.12. The Kier molecular flexibility index (Phi) is 6.38. The van der Waals surface area contributed by atoms with Gasteiger partial charge in [-0.05, 0) is 11.5 Å². The first kappa shape index (κ1) is 21.7. The second kappa shape index (κ2) is 8.81. The van der Waals surface area contributed by atoms with Crippen molar-refractivity contribution in [2.45, 2.75) is 0 Å². The maximum atomic E-state index is 12.8. The molecular weight excluding hydrogens is 428 g/mol. The molecule has 0 aromatic heterocycles. The van der Waals surface area contributed by atoms with E-state index in [1.807, 2.05) is 36.4 Å². The molecule has 0 saturated carbocycles. The van der Waals surface area contributed by atoms with Crippen molar-refractivity contribution in [2.75, 3.05) is 36.6 Å². The molecule has 7 nitrogen and oxygen atoms in total. The molecule has 3 aromatic carbocycles. The van der Waals surface area contributed by atoms with E-state index in [1.165, 1.54) is 26.4 Å². The zero-order valence-electron chi connectivity index (χ0n) is 16.7. The number of anilines is 2. The Morgan fingerprint density at radius 3 is 2.37 bits per heavy atom. The summed E-state index contributed by atoms with van der Waals surface area (Å²) in [6.45, 7) is -0.455. The number of fused-ring (bicyclic) bond motifs is 1. The highest BCUT2D eigenvalue weighted by Gasteiger charge is 2.26. The third-order valence-corrected chi connectivity index (χ3v) is 5.90. The molecule has 3 aromatic rings. The van der Waals surface area contributed by atoms with Gasteiger partial charge in [-0.15, -0.1) is 0 Å². The Bertz CT molecular complexity index is 1190. The second-order valence-corrected chi connectivity index (χ2v) is 8.82. The van der Waals surface area contributed by atoms with E-state index in [9.17, 15) is 13.2 Å². The summed E-state index contributed by atoms with van der Waals surface area (Å²) in [6.07, 6.45) is 1.01. The van der Waals surface area contributed by atoms with Crippen molar-refractivity contribution in [3.05, 3.63) is 59.6 Å². The lowest BCUT2D eigenvalue weighted by molar-refractivity contribution is -0.114. The van der Waals surface area contributed by atoms with Gasteiger partial charge in [-0.3, -0.25) is 9.10 Å². The van der Waals surface area contributed by atoms with E-state index >= 15 is 0 Å². The van der Waals surface area contributed by atoms with Gasteiger partial charge in [0.15, 0.2) is 0 Å². The van der Waals surface area contributed by atoms with Crippen LogP contribution in [0.25, 0.3) is 10.8 Å². The van der Waals surface area contributed by atoms with Gasteiger partial charge in [0.25, 0.3) is 0 Å². The number of halogens is 1. The molecule has 9 heteroatoms. The van der Waals surface area contributed by atoms with Gasteiger partial charge in [-0.25, -0.2) is 8.42 Å². The first-order chi connectivity index (χ1) is 14.2. The Morgan fingerprint density at radius 2 is 1.70 bits per heavy atom. The highest BCUT2D eigenvalue weighted by atomic mass is 35.5. The molecule has 0 aliphatic rings.